The Labute approximate surface area is 111 Å². The average molecular weight is 343 g/mol. The molecule has 88 valence electrons. The molecule has 2 aromatic rings. The monoisotopic (exact) mass is 343 g/mol. The van der Waals surface area contributed by atoms with Crippen molar-refractivity contribution >= 4 is 28.5 Å². The van der Waals surface area contributed by atoms with Gasteiger partial charge in [-0.25, -0.2) is 0 Å². The minimum absolute atomic E-state index is 0.0399. The Kier molecular flexibility index (Phi) is 3.32. The first-order chi connectivity index (χ1) is 8.06. The topological polar surface area (TPSA) is 81.0 Å². The molecule has 0 bridgehead atoms. The lowest BCUT2D eigenvalue weighted by Crippen LogP contribution is -2.15. The predicted octanol–water partition coefficient (Wildman–Crippen LogP) is 2.06. The van der Waals surface area contributed by atoms with Gasteiger partial charge in [0.15, 0.2) is 0 Å². The van der Waals surface area contributed by atoms with Gasteiger partial charge in [0.05, 0.1) is 0 Å². The van der Waals surface area contributed by atoms with Gasteiger partial charge in [0, 0.05) is 0 Å². The molecule has 0 atom stereocenters. The Bertz CT molecular complexity index is 610. The second-order valence-corrected chi connectivity index (χ2v) is 4.57. The summed E-state index contributed by atoms with van der Waals surface area (Å²) in [5.41, 5.74) is 6.22. The van der Waals surface area contributed by atoms with E-state index in [1.54, 1.807) is 6.07 Å². The second kappa shape index (κ2) is 4.74. The third kappa shape index (κ3) is 2.76. The number of halogens is 1. The number of nitrogens with two attached hydrogens (primary N) is 1. The smallest absolute Gasteiger partial charge is 0.269 e. The molecule has 0 radical (unpaired) electrons. The summed E-state index contributed by atoms with van der Waals surface area (Å²) in [6.07, 6.45) is 0. The largest absolute Gasteiger partial charge is 0.438 e. The molecular weight excluding hydrogens is 333 g/mol. The van der Waals surface area contributed by atoms with E-state index in [2.05, 4.69) is 9.97 Å². The van der Waals surface area contributed by atoms with E-state index in [1.807, 2.05) is 47.7 Å². The molecule has 0 saturated carbocycles. The number of benzene rings is 1. The number of anilines is 1. The van der Waals surface area contributed by atoms with Gasteiger partial charge in [-0.1, -0.05) is 12.1 Å². The van der Waals surface area contributed by atoms with Crippen LogP contribution in [-0.2, 0) is 0 Å². The lowest BCUT2D eigenvalue weighted by atomic mass is 10.2. The Balaban J connectivity index is 2.39. The Morgan fingerprint density at radius 2 is 2.24 bits per heavy atom. The zero-order valence-electron chi connectivity index (χ0n) is 9.03. The minimum Gasteiger partial charge on any atom is -0.438 e. The maximum Gasteiger partial charge on any atom is 0.269 e. The number of rotatable bonds is 2. The molecule has 0 fully saturated rings. The molecule has 0 aliphatic rings. The zero-order chi connectivity index (χ0) is 12.4. The highest BCUT2D eigenvalue weighted by atomic mass is 127. The van der Waals surface area contributed by atoms with Crippen LogP contribution in [0, 0.1) is 10.5 Å². The van der Waals surface area contributed by atoms with Crippen molar-refractivity contribution in [3.8, 4) is 11.6 Å². The van der Waals surface area contributed by atoms with Crippen LogP contribution in [0.1, 0.15) is 5.56 Å². The number of hydrogen-bond donors (Lipinski definition) is 2. The fourth-order valence-corrected chi connectivity index (χ4v) is 1.68. The molecule has 1 aromatic carbocycles. The summed E-state index contributed by atoms with van der Waals surface area (Å²) in [6, 6.07) is 7.47. The number of hydrogen-bond acceptors (Lipinski definition) is 4. The van der Waals surface area contributed by atoms with Gasteiger partial charge in [0.25, 0.3) is 5.56 Å². The van der Waals surface area contributed by atoms with Crippen LogP contribution in [0.5, 0.6) is 11.6 Å². The first-order valence-corrected chi connectivity index (χ1v) is 5.94. The summed E-state index contributed by atoms with van der Waals surface area (Å²) < 4.78 is 5.91. The molecule has 1 heterocycles. The first-order valence-electron chi connectivity index (χ1n) is 4.86. The van der Waals surface area contributed by atoms with Gasteiger partial charge in [-0.15, -0.1) is 0 Å². The van der Waals surface area contributed by atoms with Crippen LogP contribution in [0.15, 0.2) is 29.1 Å². The maximum atomic E-state index is 11.5. The van der Waals surface area contributed by atoms with Crippen molar-refractivity contribution < 1.29 is 4.74 Å². The Hall–Kier alpha value is -1.57. The lowest BCUT2D eigenvalue weighted by Gasteiger charge is -2.07. The number of ether oxygens (including phenoxy) is 1. The van der Waals surface area contributed by atoms with Gasteiger partial charge in [-0.05, 0) is 47.2 Å². The van der Waals surface area contributed by atoms with Crippen molar-refractivity contribution in [2.24, 2.45) is 0 Å². The quantitative estimate of drug-likeness (QED) is 0.818. The van der Waals surface area contributed by atoms with Crippen LogP contribution in [0.4, 0.5) is 5.95 Å². The van der Waals surface area contributed by atoms with E-state index in [0.717, 1.165) is 5.56 Å². The third-order valence-electron chi connectivity index (χ3n) is 2.05. The van der Waals surface area contributed by atoms with E-state index in [1.165, 1.54) is 0 Å². The fourth-order valence-electron chi connectivity index (χ4n) is 1.31. The fraction of sp³-hybridized carbons (Fsp3) is 0.0909. The summed E-state index contributed by atoms with van der Waals surface area (Å²) in [6.45, 7) is 1.96. The van der Waals surface area contributed by atoms with Gasteiger partial charge < -0.3 is 10.5 Å². The number of nitrogens with one attached hydrogen (secondary N) is 1. The minimum atomic E-state index is -0.305. The highest BCUT2D eigenvalue weighted by Gasteiger charge is 2.09. The molecule has 0 saturated heterocycles. The Morgan fingerprint density at radius 1 is 1.47 bits per heavy atom. The SMILES string of the molecule is Cc1cccc(Oc2nc(N)[nH]c(=O)c2I)c1. The number of aromatic nitrogens is 2. The number of nitrogen functional groups attached to an aromatic ring is 1. The van der Waals surface area contributed by atoms with Crippen molar-refractivity contribution in [1.82, 2.24) is 9.97 Å². The van der Waals surface area contributed by atoms with E-state index < -0.39 is 0 Å². The number of H-pyrrole nitrogens is 1. The van der Waals surface area contributed by atoms with Crippen molar-refractivity contribution in [2.45, 2.75) is 6.92 Å². The van der Waals surface area contributed by atoms with Gasteiger partial charge in [0.1, 0.15) is 9.32 Å². The standard InChI is InChI=1S/C11H10IN3O2/c1-6-3-2-4-7(5-6)17-10-8(12)9(16)14-11(13)15-10/h2-5H,1H3,(H3,13,14,15,16). The summed E-state index contributed by atoms with van der Waals surface area (Å²) in [5, 5.41) is 0. The summed E-state index contributed by atoms with van der Waals surface area (Å²) >= 11 is 1.87. The normalized spacial score (nSPS) is 10.2. The number of aromatic amines is 1. The van der Waals surface area contributed by atoms with Gasteiger partial charge in [-0.2, -0.15) is 4.98 Å². The molecule has 17 heavy (non-hydrogen) atoms. The van der Waals surface area contributed by atoms with Crippen LogP contribution in [0.2, 0.25) is 0 Å². The average Bonchev–Trinajstić information content (AvgIpc) is 2.25. The Morgan fingerprint density at radius 3 is 2.94 bits per heavy atom. The molecular formula is C11H10IN3O2. The van der Waals surface area contributed by atoms with Crippen LogP contribution in [0.3, 0.4) is 0 Å². The van der Waals surface area contributed by atoms with E-state index >= 15 is 0 Å². The molecule has 3 N–H and O–H groups in total. The molecule has 2 rings (SSSR count). The molecule has 0 unspecified atom stereocenters. The molecule has 5 nitrogen and oxygen atoms in total. The van der Waals surface area contributed by atoms with Crippen molar-refractivity contribution in [1.29, 1.82) is 0 Å². The molecule has 0 amide bonds. The summed E-state index contributed by atoms with van der Waals surface area (Å²) in [5.74, 6) is 0.885. The van der Waals surface area contributed by atoms with Gasteiger partial charge in [0.2, 0.25) is 11.8 Å². The van der Waals surface area contributed by atoms with E-state index in [-0.39, 0.29) is 17.4 Å². The molecule has 0 aliphatic heterocycles. The van der Waals surface area contributed by atoms with Gasteiger partial charge in [-0.3, -0.25) is 9.78 Å². The highest BCUT2D eigenvalue weighted by Crippen LogP contribution is 2.23. The predicted molar refractivity (Wildman–Crippen MR) is 73.2 cm³/mol. The van der Waals surface area contributed by atoms with E-state index in [0.29, 0.717) is 9.32 Å². The maximum absolute atomic E-state index is 11.5. The van der Waals surface area contributed by atoms with Crippen LogP contribution in [0.25, 0.3) is 0 Å². The first kappa shape index (κ1) is 11.9. The molecule has 1 aromatic heterocycles. The van der Waals surface area contributed by atoms with Gasteiger partial charge >= 0.3 is 0 Å². The highest BCUT2D eigenvalue weighted by molar-refractivity contribution is 14.1. The van der Waals surface area contributed by atoms with Crippen molar-refractivity contribution in [3.63, 3.8) is 0 Å². The lowest BCUT2D eigenvalue weighted by molar-refractivity contribution is 0.457. The summed E-state index contributed by atoms with van der Waals surface area (Å²) in [4.78, 5) is 17.8. The zero-order valence-corrected chi connectivity index (χ0v) is 11.2. The molecule has 0 aliphatic carbocycles. The number of nitrogens with zero attached hydrogens (tertiary/aromatic N) is 1. The molecule has 0 spiro atoms. The van der Waals surface area contributed by atoms with Crippen molar-refractivity contribution in [3.05, 3.63) is 43.8 Å². The van der Waals surface area contributed by atoms with Crippen LogP contribution >= 0.6 is 22.6 Å². The summed E-state index contributed by atoms with van der Waals surface area (Å²) in [7, 11) is 0. The van der Waals surface area contributed by atoms with Crippen molar-refractivity contribution in [2.75, 3.05) is 5.73 Å². The number of aryl methyl sites for hydroxylation is 1. The van der Waals surface area contributed by atoms with E-state index in [4.69, 9.17) is 10.5 Å². The second-order valence-electron chi connectivity index (χ2n) is 3.49. The van der Waals surface area contributed by atoms with Crippen LogP contribution in [-0.4, -0.2) is 9.97 Å². The van der Waals surface area contributed by atoms with Crippen LogP contribution < -0.4 is 16.0 Å². The third-order valence-corrected chi connectivity index (χ3v) is 3.01. The molecule has 6 heteroatoms. The van der Waals surface area contributed by atoms with E-state index in [9.17, 15) is 4.79 Å².